The van der Waals surface area contributed by atoms with Crippen LogP contribution in [0.5, 0.6) is 0 Å². The number of hydrogen-bond donors (Lipinski definition) is 2. The molecule has 0 aromatic heterocycles. The Balaban J connectivity index is 2.27. The maximum absolute atomic E-state index is 11.6. The van der Waals surface area contributed by atoms with Crippen LogP contribution in [0, 0.1) is 0 Å². The second-order valence-corrected chi connectivity index (χ2v) is 7.32. The number of nitrogens with one attached hydrogen (secondary N) is 2. The normalized spacial score (nSPS) is 24.0. The summed E-state index contributed by atoms with van der Waals surface area (Å²) in [6, 6.07) is 0.405. The lowest BCUT2D eigenvalue weighted by atomic mass is 10.1. The van der Waals surface area contributed by atoms with Gasteiger partial charge < -0.3 is 10.6 Å². The maximum atomic E-state index is 11.6. The van der Waals surface area contributed by atoms with Gasteiger partial charge in [0.15, 0.2) is 0 Å². The third-order valence-electron chi connectivity index (χ3n) is 2.54. The predicted octanol–water partition coefficient (Wildman–Crippen LogP) is 1.77. The highest BCUT2D eigenvalue weighted by Crippen LogP contribution is 2.23. The fraction of sp³-hybridized carbons (Fsp3) is 0.917. The Morgan fingerprint density at radius 3 is 2.81 bits per heavy atom. The smallest absolute Gasteiger partial charge is 0.237 e. The third-order valence-corrected chi connectivity index (χ3v) is 4.07. The molecule has 16 heavy (non-hydrogen) atoms. The number of amides is 1. The topological polar surface area (TPSA) is 41.1 Å². The van der Waals surface area contributed by atoms with E-state index in [-0.39, 0.29) is 11.9 Å². The van der Waals surface area contributed by atoms with Gasteiger partial charge in [0.25, 0.3) is 0 Å². The van der Waals surface area contributed by atoms with E-state index in [1.54, 1.807) is 0 Å². The fourth-order valence-corrected chi connectivity index (χ4v) is 2.54. The van der Waals surface area contributed by atoms with Crippen molar-refractivity contribution in [3.63, 3.8) is 0 Å². The van der Waals surface area contributed by atoms with Crippen LogP contribution in [0.2, 0.25) is 0 Å². The van der Waals surface area contributed by atoms with Crippen molar-refractivity contribution in [2.45, 2.75) is 57.4 Å². The van der Waals surface area contributed by atoms with E-state index in [9.17, 15) is 4.79 Å². The highest BCUT2D eigenvalue weighted by Gasteiger charge is 2.23. The van der Waals surface area contributed by atoms with Gasteiger partial charge in [-0.3, -0.25) is 4.79 Å². The van der Waals surface area contributed by atoms with Crippen molar-refractivity contribution in [2.24, 2.45) is 0 Å². The lowest BCUT2D eigenvalue weighted by Crippen LogP contribution is -2.51. The van der Waals surface area contributed by atoms with Crippen molar-refractivity contribution < 1.29 is 4.79 Å². The monoisotopic (exact) mass is 244 g/mol. The number of hydrogen-bond acceptors (Lipinski definition) is 3. The molecular formula is C12H24N2OS. The Hall–Kier alpha value is -0.220. The molecule has 1 amide bonds. The van der Waals surface area contributed by atoms with Crippen molar-refractivity contribution in [3.8, 4) is 0 Å². The molecular weight excluding hydrogens is 220 g/mol. The van der Waals surface area contributed by atoms with Gasteiger partial charge >= 0.3 is 0 Å². The third kappa shape index (κ3) is 5.21. The van der Waals surface area contributed by atoms with Crippen LogP contribution in [0.3, 0.4) is 0 Å². The number of rotatable bonds is 4. The van der Waals surface area contributed by atoms with E-state index in [0.717, 1.165) is 25.1 Å². The predicted molar refractivity (Wildman–Crippen MR) is 70.8 cm³/mol. The highest BCUT2D eigenvalue weighted by molar-refractivity contribution is 8.00. The van der Waals surface area contributed by atoms with E-state index in [1.807, 2.05) is 11.8 Å². The lowest BCUT2D eigenvalue weighted by Gasteiger charge is -2.27. The van der Waals surface area contributed by atoms with Crippen molar-refractivity contribution in [1.29, 1.82) is 0 Å². The van der Waals surface area contributed by atoms with Crippen LogP contribution in [0.1, 0.15) is 40.5 Å². The second kappa shape index (κ2) is 5.92. The molecule has 2 atom stereocenters. The summed E-state index contributed by atoms with van der Waals surface area (Å²) in [5.41, 5.74) is 0. The Labute approximate surface area is 103 Å². The molecule has 0 aliphatic carbocycles. The molecule has 2 N–H and O–H groups in total. The van der Waals surface area contributed by atoms with Gasteiger partial charge in [0, 0.05) is 23.1 Å². The van der Waals surface area contributed by atoms with Crippen molar-refractivity contribution in [2.75, 3.05) is 12.3 Å². The van der Waals surface area contributed by atoms with Gasteiger partial charge in [-0.15, -0.1) is 0 Å². The largest absolute Gasteiger partial charge is 0.355 e. The molecule has 0 aromatic carbocycles. The minimum Gasteiger partial charge on any atom is -0.355 e. The minimum absolute atomic E-state index is 0.0179. The van der Waals surface area contributed by atoms with Gasteiger partial charge in [0.1, 0.15) is 0 Å². The highest BCUT2D eigenvalue weighted by atomic mass is 32.2. The summed E-state index contributed by atoms with van der Waals surface area (Å²) < 4.78 is 0.296. The molecule has 0 bridgehead atoms. The maximum Gasteiger partial charge on any atom is 0.237 e. The molecule has 0 radical (unpaired) electrons. The Bertz CT molecular complexity index is 238. The second-order valence-electron chi connectivity index (χ2n) is 5.48. The van der Waals surface area contributed by atoms with E-state index < -0.39 is 0 Å². The Morgan fingerprint density at radius 2 is 2.25 bits per heavy atom. The van der Waals surface area contributed by atoms with Gasteiger partial charge in [-0.25, -0.2) is 0 Å². The molecule has 3 nitrogen and oxygen atoms in total. The summed E-state index contributed by atoms with van der Waals surface area (Å²) >= 11 is 1.94. The first-order chi connectivity index (χ1) is 7.38. The molecule has 0 unspecified atom stereocenters. The van der Waals surface area contributed by atoms with Gasteiger partial charge in [-0.1, -0.05) is 20.8 Å². The molecule has 1 aliphatic heterocycles. The summed E-state index contributed by atoms with van der Waals surface area (Å²) in [7, 11) is 0. The quantitative estimate of drug-likeness (QED) is 0.792. The summed E-state index contributed by atoms with van der Waals surface area (Å²) in [5, 5.41) is 6.31. The number of carbonyl (C=O) groups is 1. The minimum atomic E-state index is 0.0179. The van der Waals surface area contributed by atoms with Crippen LogP contribution in [-0.2, 0) is 4.79 Å². The molecule has 94 valence electrons. The molecule has 1 rings (SSSR count). The molecule has 1 saturated heterocycles. The lowest BCUT2D eigenvalue weighted by molar-refractivity contribution is -0.124. The molecule has 4 heteroatoms. The SMILES string of the molecule is C[C@@H](CSC(C)(C)C)N[C@H]1CCCNC1=O. The molecule has 1 fully saturated rings. The summed E-state index contributed by atoms with van der Waals surface area (Å²) in [6.07, 6.45) is 2.05. The van der Waals surface area contributed by atoms with Gasteiger partial charge in [-0.2, -0.15) is 11.8 Å². The Morgan fingerprint density at radius 1 is 1.56 bits per heavy atom. The van der Waals surface area contributed by atoms with Crippen LogP contribution in [0.25, 0.3) is 0 Å². The molecule has 1 aliphatic rings. The number of thioether (sulfide) groups is 1. The van der Waals surface area contributed by atoms with E-state index in [2.05, 4.69) is 38.3 Å². The first kappa shape index (κ1) is 13.8. The molecule has 0 aromatic rings. The first-order valence-corrected chi connectivity index (χ1v) is 7.05. The summed E-state index contributed by atoms with van der Waals surface area (Å²) in [6.45, 7) is 9.65. The van der Waals surface area contributed by atoms with Crippen LogP contribution in [0.15, 0.2) is 0 Å². The van der Waals surface area contributed by atoms with Gasteiger partial charge in [0.2, 0.25) is 5.91 Å². The molecule has 1 heterocycles. The van der Waals surface area contributed by atoms with Crippen molar-refractivity contribution in [3.05, 3.63) is 0 Å². The molecule has 0 spiro atoms. The average Bonchev–Trinajstić information content (AvgIpc) is 2.18. The van der Waals surface area contributed by atoms with Gasteiger partial charge in [0.05, 0.1) is 6.04 Å². The van der Waals surface area contributed by atoms with Crippen molar-refractivity contribution >= 4 is 17.7 Å². The van der Waals surface area contributed by atoms with E-state index in [1.165, 1.54) is 0 Å². The standard InChI is InChI=1S/C12H24N2OS/c1-9(8-16-12(2,3)4)14-10-6-5-7-13-11(10)15/h9-10,14H,5-8H2,1-4H3,(H,13,15)/t9-,10-/m0/s1. The first-order valence-electron chi connectivity index (χ1n) is 6.06. The molecule has 0 saturated carbocycles. The van der Waals surface area contributed by atoms with Gasteiger partial charge in [-0.05, 0) is 19.8 Å². The van der Waals surface area contributed by atoms with E-state index in [0.29, 0.717) is 10.8 Å². The zero-order valence-corrected chi connectivity index (χ0v) is 11.6. The van der Waals surface area contributed by atoms with Crippen LogP contribution in [0.4, 0.5) is 0 Å². The number of carbonyl (C=O) groups excluding carboxylic acids is 1. The summed E-state index contributed by atoms with van der Waals surface area (Å²) in [5.74, 6) is 1.21. The van der Waals surface area contributed by atoms with E-state index >= 15 is 0 Å². The number of piperidine rings is 1. The van der Waals surface area contributed by atoms with E-state index in [4.69, 9.17) is 0 Å². The zero-order chi connectivity index (χ0) is 12.2. The van der Waals surface area contributed by atoms with Crippen molar-refractivity contribution in [1.82, 2.24) is 10.6 Å². The fourth-order valence-electron chi connectivity index (χ4n) is 1.70. The summed E-state index contributed by atoms with van der Waals surface area (Å²) in [4.78, 5) is 11.6. The average molecular weight is 244 g/mol. The van der Waals surface area contributed by atoms with Crippen LogP contribution < -0.4 is 10.6 Å². The Kier molecular flexibility index (Phi) is 5.12. The van der Waals surface area contributed by atoms with Crippen LogP contribution >= 0.6 is 11.8 Å². The van der Waals surface area contributed by atoms with Crippen LogP contribution in [-0.4, -0.2) is 35.0 Å². The zero-order valence-electron chi connectivity index (χ0n) is 10.8.